The quantitative estimate of drug-likeness (QED) is 0.449. The molecule has 1 aliphatic heterocycles. The van der Waals surface area contributed by atoms with E-state index in [-0.39, 0.29) is 23.4 Å². The molecule has 0 unspecified atom stereocenters. The normalized spacial score (nSPS) is 15.3. The summed E-state index contributed by atoms with van der Waals surface area (Å²) in [6.07, 6.45) is 2.56. The van der Waals surface area contributed by atoms with Crippen LogP contribution in [-0.4, -0.2) is 36.5 Å². The number of likely N-dealkylation sites (tertiary alicyclic amines) is 1. The molecule has 1 saturated heterocycles. The van der Waals surface area contributed by atoms with E-state index in [4.69, 9.17) is 4.74 Å². The highest BCUT2D eigenvalue weighted by Crippen LogP contribution is 2.22. The van der Waals surface area contributed by atoms with Crippen molar-refractivity contribution >= 4 is 33.5 Å². The van der Waals surface area contributed by atoms with Crippen LogP contribution in [0.3, 0.4) is 0 Å². The zero-order valence-electron chi connectivity index (χ0n) is 14.9. The average molecular weight is 420 g/mol. The van der Waals surface area contributed by atoms with Crippen molar-refractivity contribution in [3.8, 4) is 6.07 Å². The predicted molar refractivity (Wildman–Crippen MR) is 102 cm³/mol. The number of halogens is 1. The van der Waals surface area contributed by atoms with Gasteiger partial charge in [-0.1, -0.05) is 15.9 Å². The van der Waals surface area contributed by atoms with Gasteiger partial charge in [0.05, 0.1) is 12.5 Å². The third-order valence-electron chi connectivity index (χ3n) is 4.31. The number of ether oxygens (including phenoxy) is 1. The van der Waals surface area contributed by atoms with Gasteiger partial charge in [-0.25, -0.2) is 0 Å². The zero-order chi connectivity index (χ0) is 19.1. The first-order valence-electron chi connectivity index (χ1n) is 8.55. The smallest absolute Gasteiger partial charge is 0.309 e. The van der Waals surface area contributed by atoms with Crippen molar-refractivity contribution in [2.24, 2.45) is 5.92 Å². The molecule has 6 nitrogen and oxygen atoms in total. The first kappa shape index (κ1) is 20.0. The van der Waals surface area contributed by atoms with Gasteiger partial charge in [0.1, 0.15) is 11.6 Å². The molecule has 26 heavy (non-hydrogen) atoms. The number of nitrogens with zero attached hydrogens (tertiary/aromatic N) is 2. The number of nitrogens with one attached hydrogen (secondary N) is 1. The summed E-state index contributed by atoms with van der Waals surface area (Å²) in [6.45, 7) is 4.97. The highest BCUT2D eigenvalue weighted by atomic mass is 79.9. The van der Waals surface area contributed by atoms with Crippen molar-refractivity contribution in [1.29, 1.82) is 5.26 Å². The molecule has 1 fully saturated rings. The van der Waals surface area contributed by atoms with Crippen LogP contribution in [0.15, 0.2) is 34.4 Å². The van der Waals surface area contributed by atoms with E-state index in [0.717, 1.165) is 15.7 Å². The van der Waals surface area contributed by atoms with Gasteiger partial charge < -0.3 is 15.0 Å². The van der Waals surface area contributed by atoms with Crippen LogP contribution < -0.4 is 5.32 Å². The Morgan fingerprint density at radius 1 is 1.42 bits per heavy atom. The van der Waals surface area contributed by atoms with Crippen LogP contribution in [-0.2, 0) is 14.3 Å². The molecule has 0 saturated carbocycles. The van der Waals surface area contributed by atoms with E-state index in [1.54, 1.807) is 11.8 Å². The van der Waals surface area contributed by atoms with Crippen LogP contribution in [0.25, 0.3) is 0 Å². The Kier molecular flexibility index (Phi) is 7.22. The van der Waals surface area contributed by atoms with Crippen molar-refractivity contribution in [2.75, 3.05) is 25.0 Å². The molecule has 0 atom stereocenters. The maximum Gasteiger partial charge on any atom is 0.309 e. The summed E-state index contributed by atoms with van der Waals surface area (Å²) >= 11 is 3.40. The van der Waals surface area contributed by atoms with Crippen LogP contribution in [0.4, 0.5) is 5.69 Å². The maximum atomic E-state index is 12.6. The molecular formula is C19H22BrN3O3. The summed E-state index contributed by atoms with van der Waals surface area (Å²) < 4.78 is 6.00. The Morgan fingerprint density at radius 2 is 2.12 bits per heavy atom. The Balaban J connectivity index is 1.98. The van der Waals surface area contributed by atoms with Gasteiger partial charge in [-0.15, -0.1) is 0 Å². The van der Waals surface area contributed by atoms with Gasteiger partial charge in [-0.05, 0) is 50.5 Å². The SMILES string of the molecule is CCOC(=O)C1CCN(C(=O)/C(C#N)=C\Nc2ccc(Br)cc2C)CC1. The van der Waals surface area contributed by atoms with E-state index in [9.17, 15) is 14.9 Å². The molecule has 1 aromatic rings. The number of hydrogen-bond donors (Lipinski definition) is 1. The number of piperidine rings is 1. The van der Waals surface area contributed by atoms with Crippen molar-refractivity contribution in [1.82, 2.24) is 4.90 Å². The molecule has 1 aliphatic rings. The van der Waals surface area contributed by atoms with Crippen LogP contribution in [0.5, 0.6) is 0 Å². The lowest BCUT2D eigenvalue weighted by Gasteiger charge is -2.30. The van der Waals surface area contributed by atoms with Crippen molar-refractivity contribution in [3.05, 3.63) is 40.0 Å². The van der Waals surface area contributed by atoms with Crippen LogP contribution in [0.1, 0.15) is 25.3 Å². The van der Waals surface area contributed by atoms with Gasteiger partial charge >= 0.3 is 5.97 Å². The maximum absolute atomic E-state index is 12.6. The summed E-state index contributed by atoms with van der Waals surface area (Å²) in [6, 6.07) is 7.67. The molecular weight excluding hydrogens is 398 g/mol. The summed E-state index contributed by atoms with van der Waals surface area (Å²) in [5, 5.41) is 12.4. The molecule has 0 spiro atoms. The number of amides is 1. The number of hydrogen-bond acceptors (Lipinski definition) is 5. The fourth-order valence-corrected chi connectivity index (χ4v) is 3.31. The third-order valence-corrected chi connectivity index (χ3v) is 4.81. The number of nitriles is 1. The van der Waals surface area contributed by atoms with Gasteiger partial charge in [0.25, 0.3) is 5.91 Å². The van der Waals surface area contributed by atoms with Crippen LogP contribution in [0, 0.1) is 24.2 Å². The van der Waals surface area contributed by atoms with Gasteiger partial charge in [0.15, 0.2) is 0 Å². The summed E-state index contributed by atoms with van der Waals surface area (Å²) in [7, 11) is 0. The molecule has 7 heteroatoms. The molecule has 1 heterocycles. The summed E-state index contributed by atoms with van der Waals surface area (Å²) in [5.74, 6) is -0.697. The number of rotatable bonds is 5. The van der Waals surface area contributed by atoms with E-state index in [1.165, 1.54) is 6.20 Å². The van der Waals surface area contributed by atoms with Gasteiger partial charge in [0, 0.05) is 29.4 Å². The minimum atomic E-state index is -0.322. The van der Waals surface area contributed by atoms with E-state index in [1.807, 2.05) is 31.2 Å². The van der Waals surface area contributed by atoms with Gasteiger partial charge in [0.2, 0.25) is 0 Å². The van der Waals surface area contributed by atoms with Gasteiger partial charge in [-0.3, -0.25) is 9.59 Å². The van der Waals surface area contributed by atoms with Crippen LogP contribution >= 0.6 is 15.9 Å². The molecule has 1 N–H and O–H groups in total. The summed E-state index contributed by atoms with van der Waals surface area (Å²) in [4.78, 5) is 26.0. The standard InChI is InChI=1S/C19H22BrN3O3/c1-3-26-19(25)14-6-8-23(9-7-14)18(24)15(11-21)12-22-17-5-4-16(20)10-13(17)2/h4-5,10,12,14,22H,3,6-9H2,1-2H3/b15-12-. The molecule has 0 radical (unpaired) electrons. The van der Waals surface area contributed by atoms with E-state index in [2.05, 4.69) is 21.2 Å². The van der Waals surface area contributed by atoms with Crippen LogP contribution in [0.2, 0.25) is 0 Å². The Labute approximate surface area is 161 Å². The number of esters is 1. The molecule has 1 amide bonds. The second-order valence-electron chi connectivity index (χ2n) is 6.09. The topological polar surface area (TPSA) is 82.4 Å². The molecule has 0 aromatic heterocycles. The van der Waals surface area contributed by atoms with Crippen molar-refractivity contribution in [3.63, 3.8) is 0 Å². The molecule has 138 valence electrons. The largest absolute Gasteiger partial charge is 0.466 e. The first-order chi connectivity index (χ1) is 12.5. The lowest BCUT2D eigenvalue weighted by atomic mass is 9.96. The van der Waals surface area contributed by atoms with Crippen molar-refractivity contribution < 1.29 is 14.3 Å². The fourth-order valence-electron chi connectivity index (χ4n) is 2.83. The highest BCUT2D eigenvalue weighted by molar-refractivity contribution is 9.10. The van der Waals surface area contributed by atoms with Crippen molar-refractivity contribution in [2.45, 2.75) is 26.7 Å². The zero-order valence-corrected chi connectivity index (χ0v) is 16.5. The lowest BCUT2D eigenvalue weighted by Crippen LogP contribution is -2.41. The Bertz CT molecular complexity index is 747. The first-order valence-corrected chi connectivity index (χ1v) is 9.34. The monoisotopic (exact) mass is 419 g/mol. The highest BCUT2D eigenvalue weighted by Gasteiger charge is 2.29. The lowest BCUT2D eigenvalue weighted by molar-refractivity contribution is -0.150. The second kappa shape index (κ2) is 9.39. The molecule has 0 bridgehead atoms. The minimum absolute atomic E-state index is 0.0434. The number of carbonyl (C=O) groups excluding carboxylic acids is 2. The fraction of sp³-hybridized carbons (Fsp3) is 0.421. The molecule has 0 aliphatic carbocycles. The molecule has 1 aromatic carbocycles. The number of benzene rings is 1. The number of anilines is 1. The third kappa shape index (κ3) is 5.09. The summed E-state index contributed by atoms with van der Waals surface area (Å²) in [5.41, 5.74) is 1.87. The number of carbonyl (C=O) groups is 2. The predicted octanol–water partition coefficient (Wildman–Crippen LogP) is 3.38. The molecule has 2 rings (SSSR count). The minimum Gasteiger partial charge on any atom is -0.466 e. The second-order valence-corrected chi connectivity index (χ2v) is 7.01. The van der Waals surface area contributed by atoms with E-state index < -0.39 is 0 Å². The average Bonchev–Trinajstić information content (AvgIpc) is 2.64. The number of aryl methyl sites for hydroxylation is 1. The Morgan fingerprint density at radius 3 is 2.69 bits per heavy atom. The van der Waals surface area contributed by atoms with E-state index in [0.29, 0.717) is 32.5 Å². The van der Waals surface area contributed by atoms with Gasteiger partial charge in [-0.2, -0.15) is 5.26 Å². The Hall–Kier alpha value is -2.33. The van der Waals surface area contributed by atoms with E-state index >= 15 is 0 Å².